The van der Waals surface area contributed by atoms with Gasteiger partial charge in [0.05, 0.1) is 5.69 Å². The molecule has 1 N–H and O–H groups in total. The third kappa shape index (κ3) is 2.58. The lowest BCUT2D eigenvalue weighted by molar-refractivity contribution is 0.310. The molecule has 88 valence electrons. The molecule has 1 aromatic heterocycles. The molecule has 0 bridgehead atoms. The number of nitrogens with one attached hydrogen (secondary N) is 1. The molecule has 1 heterocycles. The van der Waals surface area contributed by atoms with Gasteiger partial charge in [-0.05, 0) is 37.2 Å². The first-order chi connectivity index (χ1) is 7.68. The van der Waals surface area contributed by atoms with E-state index in [4.69, 9.17) is 12.2 Å². The molecule has 1 fully saturated rings. The summed E-state index contributed by atoms with van der Waals surface area (Å²) in [5, 5.41) is 7.46. The number of aryl methyl sites for hydroxylation is 1. The maximum atomic E-state index is 5.41. The Kier molecular flexibility index (Phi) is 3.86. The molecule has 0 aromatic carbocycles. The van der Waals surface area contributed by atoms with Gasteiger partial charge in [0.25, 0.3) is 0 Å². The highest BCUT2D eigenvalue weighted by Crippen LogP contribution is 2.24. The van der Waals surface area contributed by atoms with Crippen LogP contribution in [0.5, 0.6) is 0 Å². The Morgan fingerprint density at radius 2 is 2.19 bits per heavy atom. The molecule has 3 nitrogen and oxygen atoms in total. The Hall–Kier alpha value is -0.550. The lowest BCUT2D eigenvalue weighted by atomic mass is 9.86. The Morgan fingerprint density at radius 1 is 1.44 bits per heavy atom. The van der Waals surface area contributed by atoms with Crippen molar-refractivity contribution in [3.8, 4) is 0 Å². The number of rotatable bonds is 2. The van der Waals surface area contributed by atoms with Crippen molar-refractivity contribution in [3.05, 3.63) is 10.6 Å². The van der Waals surface area contributed by atoms with E-state index in [0.717, 1.165) is 15.6 Å². The van der Waals surface area contributed by atoms with Crippen LogP contribution in [0.15, 0.2) is 0 Å². The molecule has 0 aliphatic heterocycles. The zero-order valence-electron chi connectivity index (χ0n) is 9.69. The summed E-state index contributed by atoms with van der Waals surface area (Å²) in [4.78, 5) is 1.85. The second-order valence-electron chi connectivity index (χ2n) is 4.53. The van der Waals surface area contributed by atoms with E-state index in [-0.39, 0.29) is 0 Å². The van der Waals surface area contributed by atoms with Crippen LogP contribution in [-0.4, -0.2) is 20.6 Å². The summed E-state index contributed by atoms with van der Waals surface area (Å²) in [5.74, 6) is 0.716. The SMILES string of the molecule is Cc1nnsc1C(=S)NC1CCCCC1C. The topological polar surface area (TPSA) is 37.8 Å². The van der Waals surface area contributed by atoms with Gasteiger partial charge in [0.2, 0.25) is 0 Å². The van der Waals surface area contributed by atoms with Crippen molar-refractivity contribution in [2.75, 3.05) is 0 Å². The Balaban J connectivity index is 1.99. The summed E-state index contributed by atoms with van der Waals surface area (Å²) in [6.45, 7) is 4.26. The molecular formula is C11H17N3S2. The minimum absolute atomic E-state index is 0.530. The highest BCUT2D eigenvalue weighted by molar-refractivity contribution is 7.81. The van der Waals surface area contributed by atoms with Crippen LogP contribution in [0.3, 0.4) is 0 Å². The first kappa shape index (κ1) is 11.9. The molecule has 1 aromatic rings. The summed E-state index contributed by atoms with van der Waals surface area (Å²) in [7, 11) is 0. The number of nitrogens with zero attached hydrogens (tertiary/aromatic N) is 2. The number of aromatic nitrogens is 2. The highest BCUT2D eigenvalue weighted by Gasteiger charge is 2.22. The van der Waals surface area contributed by atoms with Gasteiger partial charge in [-0.25, -0.2) is 0 Å². The molecule has 1 aliphatic rings. The molecular weight excluding hydrogens is 238 g/mol. The first-order valence-electron chi connectivity index (χ1n) is 5.78. The van der Waals surface area contributed by atoms with Crippen molar-refractivity contribution in [2.45, 2.75) is 45.6 Å². The van der Waals surface area contributed by atoms with Crippen molar-refractivity contribution in [1.29, 1.82) is 0 Å². The van der Waals surface area contributed by atoms with E-state index in [1.54, 1.807) is 0 Å². The molecule has 1 saturated carbocycles. The van der Waals surface area contributed by atoms with Crippen molar-refractivity contribution in [1.82, 2.24) is 14.9 Å². The summed E-state index contributed by atoms with van der Waals surface area (Å²) >= 11 is 6.80. The largest absolute Gasteiger partial charge is 0.372 e. The monoisotopic (exact) mass is 255 g/mol. The molecule has 1 aliphatic carbocycles. The van der Waals surface area contributed by atoms with Crippen LogP contribution in [0.25, 0.3) is 0 Å². The molecule has 2 unspecified atom stereocenters. The minimum Gasteiger partial charge on any atom is -0.372 e. The van der Waals surface area contributed by atoms with E-state index in [0.29, 0.717) is 12.0 Å². The van der Waals surface area contributed by atoms with Crippen LogP contribution in [-0.2, 0) is 0 Å². The summed E-state index contributed by atoms with van der Waals surface area (Å²) in [6.07, 6.45) is 5.20. The van der Waals surface area contributed by atoms with Gasteiger partial charge in [-0.15, -0.1) is 5.10 Å². The van der Waals surface area contributed by atoms with E-state index < -0.39 is 0 Å². The predicted molar refractivity (Wildman–Crippen MR) is 70.9 cm³/mol. The van der Waals surface area contributed by atoms with Crippen LogP contribution < -0.4 is 5.32 Å². The van der Waals surface area contributed by atoms with Gasteiger partial charge in [0.1, 0.15) is 9.87 Å². The lowest BCUT2D eigenvalue weighted by Crippen LogP contribution is -2.40. The van der Waals surface area contributed by atoms with E-state index in [1.165, 1.54) is 37.2 Å². The van der Waals surface area contributed by atoms with E-state index in [2.05, 4.69) is 21.8 Å². The molecule has 5 heteroatoms. The highest BCUT2D eigenvalue weighted by atomic mass is 32.1. The third-order valence-electron chi connectivity index (χ3n) is 3.29. The molecule has 2 atom stereocenters. The smallest absolute Gasteiger partial charge is 0.120 e. The summed E-state index contributed by atoms with van der Waals surface area (Å²) in [5.41, 5.74) is 0.936. The summed E-state index contributed by atoms with van der Waals surface area (Å²) in [6, 6.07) is 0.530. The van der Waals surface area contributed by atoms with E-state index >= 15 is 0 Å². The van der Waals surface area contributed by atoms with Crippen LogP contribution in [0.1, 0.15) is 43.2 Å². The average molecular weight is 255 g/mol. The van der Waals surface area contributed by atoms with Crippen molar-refractivity contribution < 1.29 is 0 Å². The molecule has 0 amide bonds. The summed E-state index contributed by atoms with van der Waals surface area (Å²) < 4.78 is 3.92. The Bertz CT molecular complexity index is 375. The fraction of sp³-hybridized carbons (Fsp3) is 0.727. The van der Waals surface area contributed by atoms with Crippen LogP contribution >= 0.6 is 23.8 Å². The third-order valence-corrected chi connectivity index (χ3v) is 4.58. The molecule has 2 rings (SSSR count). The van der Waals surface area contributed by atoms with Crippen molar-refractivity contribution >= 4 is 28.7 Å². The second-order valence-corrected chi connectivity index (χ2v) is 5.69. The standard InChI is InChI=1S/C11H17N3S2/c1-7-5-3-4-6-9(7)12-11(15)10-8(2)13-14-16-10/h7,9H,3-6H2,1-2H3,(H,12,15). The normalized spacial score (nSPS) is 25.4. The van der Waals surface area contributed by atoms with Gasteiger partial charge >= 0.3 is 0 Å². The zero-order chi connectivity index (χ0) is 11.5. The quantitative estimate of drug-likeness (QED) is 0.825. The molecule has 0 saturated heterocycles. The van der Waals surface area contributed by atoms with E-state index in [9.17, 15) is 0 Å². The lowest BCUT2D eigenvalue weighted by Gasteiger charge is -2.30. The number of hydrogen-bond donors (Lipinski definition) is 1. The Labute approximate surface area is 106 Å². The van der Waals surface area contributed by atoms with Gasteiger partial charge in [-0.2, -0.15) is 0 Å². The molecule has 0 spiro atoms. The van der Waals surface area contributed by atoms with Gasteiger partial charge in [0, 0.05) is 6.04 Å². The van der Waals surface area contributed by atoms with Crippen molar-refractivity contribution in [2.24, 2.45) is 5.92 Å². The van der Waals surface area contributed by atoms with Crippen LogP contribution in [0, 0.1) is 12.8 Å². The number of thiocarbonyl (C=S) groups is 1. The van der Waals surface area contributed by atoms with Crippen LogP contribution in [0.4, 0.5) is 0 Å². The maximum Gasteiger partial charge on any atom is 0.120 e. The molecule has 0 radical (unpaired) electrons. The van der Waals surface area contributed by atoms with Crippen LogP contribution in [0.2, 0.25) is 0 Å². The Morgan fingerprint density at radius 3 is 2.81 bits per heavy atom. The first-order valence-corrected chi connectivity index (χ1v) is 6.96. The van der Waals surface area contributed by atoms with Gasteiger partial charge in [-0.1, -0.05) is 36.5 Å². The fourth-order valence-electron chi connectivity index (χ4n) is 2.20. The van der Waals surface area contributed by atoms with E-state index in [1.807, 2.05) is 6.92 Å². The predicted octanol–water partition coefficient (Wildman–Crippen LogP) is 2.69. The average Bonchev–Trinajstić information content (AvgIpc) is 2.68. The van der Waals surface area contributed by atoms with Gasteiger partial charge < -0.3 is 5.32 Å². The zero-order valence-corrected chi connectivity index (χ0v) is 11.3. The van der Waals surface area contributed by atoms with Gasteiger partial charge in [-0.3, -0.25) is 0 Å². The second kappa shape index (κ2) is 5.19. The van der Waals surface area contributed by atoms with Gasteiger partial charge in [0.15, 0.2) is 0 Å². The number of hydrogen-bond acceptors (Lipinski definition) is 4. The molecule has 16 heavy (non-hydrogen) atoms. The fourth-order valence-corrected chi connectivity index (χ4v) is 3.17. The minimum atomic E-state index is 0.530. The van der Waals surface area contributed by atoms with Crippen molar-refractivity contribution in [3.63, 3.8) is 0 Å². The maximum absolute atomic E-state index is 5.41.